The molecular formula is C17H13ClF2N2O2. The quantitative estimate of drug-likeness (QED) is 0.860. The van der Waals surface area contributed by atoms with E-state index in [0.717, 1.165) is 11.0 Å². The third kappa shape index (κ3) is 2.63. The normalized spacial score (nSPS) is 20.4. The molecule has 1 N–H and O–H groups in total. The van der Waals surface area contributed by atoms with E-state index < -0.39 is 29.1 Å². The Labute approximate surface area is 142 Å². The predicted octanol–water partition coefficient (Wildman–Crippen LogP) is 3.59. The monoisotopic (exact) mass is 350 g/mol. The molecule has 0 bridgehead atoms. The number of nitrogens with zero attached hydrogens (tertiary/aromatic N) is 1. The zero-order chi connectivity index (χ0) is 17.5. The summed E-state index contributed by atoms with van der Waals surface area (Å²) >= 11 is 5.84. The van der Waals surface area contributed by atoms with Crippen LogP contribution >= 0.6 is 11.6 Å². The number of hydrogen-bond acceptors (Lipinski definition) is 2. The van der Waals surface area contributed by atoms with Gasteiger partial charge in [-0.05, 0) is 30.7 Å². The Morgan fingerprint density at radius 2 is 1.79 bits per heavy atom. The fourth-order valence-corrected chi connectivity index (χ4v) is 2.79. The van der Waals surface area contributed by atoms with Gasteiger partial charge in [0, 0.05) is 10.6 Å². The van der Waals surface area contributed by atoms with Crippen molar-refractivity contribution >= 4 is 23.5 Å². The average Bonchev–Trinajstić information content (AvgIpc) is 2.76. The maximum Gasteiger partial charge on any atom is 0.325 e. The first-order valence-electron chi connectivity index (χ1n) is 7.16. The van der Waals surface area contributed by atoms with Gasteiger partial charge in [0.2, 0.25) is 0 Å². The summed E-state index contributed by atoms with van der Waals surface area (Å²) in [6.07, 6.45) is 0. The molecule has 3 rings (SSSR count). The molecule has 1 unspecified atom stereocenters. The molecule has 124 valence electrons. The van der Waals surface area contributed by atoms with Crippen LogP contribution in [0, 0.1) is 11.6 Å². The maximum absolute atomic E-state index is 13.8. The molecular weight excluding hydrogens is 338 g/mol. The molecule has 0 saturated carbocycles. The molecule has 24 heavy (non-hydrogen) atoms. The zero-order valence-electron chi connectivity index (χ0n) is 12.6. The highest BCUT2D eigenvalue weighted by atomic mass is 35.5. The van der Waals surface area contributed by atoms with Gasteiger partial charge in [0.15, 0.2) is 11.6 Å². The Balaban J connectivity index is 1.91. The summed E-state index contributed by atoms with van der Waals surface area (Å²) in [7, 11) is 0. The predicted molar refractivity (Wildman–Crippen MR) is 84.2 cm³/mol. The number of urea groups is 1. The van der Waals surface area contributed by atoms with E-state index in [2.05, 4.69) is 5.32 Å². The number of halogens is 3. The highest BCUT2D eigenvalue weighted by Crippen LogP contribution is 2.30. The van der Waals surface area contributed by atoms with E-state index in [0.29, 0.717) is 10.6 Å². The van der Waals surface area contributed by atoms with Crippen LogP contribution in [0.3, 0.4) is 0 Å². The second-order valence-electron chi connectivity index (χ2n) is 5.67. The van der Waals surface area contributed by atoms with Crippen molar-refractivity contribution in [3.63, 3.8) is 0 Å². The van der Waals surface area contributed by atoms with Gasteiger partial charge >= 0.3 is 6.03 Å². The third-order valence-electron chi connectivity index (χ3n) is 4.06. The standard InChI is InChI=1S/C17H13ClF2N2O2/c1-17(11-5-7-12(18)8-6-11)15(23)22(16(24)21-17)9-10-3-2-4-13(19)14(10)20/h2-8H,9H2,1H3,(H,21,24). The first kappa shape index (κ1) is 16.4. The van der Waals surface area contributed by atoms with Gasteiger partial charge < -0.3 is 5.32 Å². The van der Waals surface area contributed by atoms with E-state index in [1.54, 1.807) is 31.2 Å². The van der Waals surface area contributed by atoms with Gasteiger partial charge in [0.25, 0.3) is 5.91 Å². The van der Waals surface area contributed by atoms with Gasteiger partial charge in [-0.2, -0.15) is 0 Å². The SMILES string of the molecule is CC1(c2ccc(Cl)cc2)NC(=O)N(Cc2cccc(F)c2F)C1=O. The number of benzene rings is 2. The fourth-order valence-electron chi connectivity index (χ4n) is 2.66. The van der Waals surface area contributed by atoms with Gasteiger partial charge in [0.1, 0.15) is 5.54 Å². The Bertz CT molecular complexity index is 826. The molecule has 7 heteroatoms. The van der Waals surface area contributed by atoms with Crippen molar-refractivity contribution in [3.05, 3.63) is 70.2 Å². The number of hydrogen-bond donors (Lipinski definition) is 1. The van der Waals surface area contributed by atoms with Crippen molar-refractivity contribution in [2.75, 3.05) is 0 Å². The average molecular weight is 351 g/mol. The Morgan fingerprint density at radius 1 is 1.12 bits per heavy atom. The van der Waals surface area contributed by atoms with Crippen LogP contribution in [0.25, 0.3) is 0 Å². The van der Waals surface area contributed by atoms with Crippen molar-refractivity contribution < 1.29 is 18.4 Å². The maximum atomic E-state index is 13.8. The van der Waals surface area contributed by atoms with Crippen LogP contribution in [0.1, 0.15) is 18.1 Å². The molecule has 1 heterocycles. The van der Waals surface area contributed by atoms with Crippen molar-refractivity contribution in [2.45, 2.75) is 19.0 Å². The molecule has 0 aliphatic carbocycles. The first-order chi connectivity index (χ1) is 11.3. The van der Waals surface area contributed by atoms with Crippen LogP contribution in [-0.2, 0) is 16.9 Å². The van der Waals surface area contributed by atoms with Crippen LogP contribution in [0.4, 0.5) is 13.6 Å². The number of carbonyl (C=O) groups is 2. The molecule has 0 spiro atoms. The largest absolute Gasteiger partial charge is 0.325 e. The van der Waals surface area contributed by atoms with Crippen molar-refractivity contribution in [3.8, 4) is 0 Å². The number of rotatable bonds is 3. The third-order valence-corrected chi connectivity index (χ3v) is 4.31. The van der Waals surface area contributed by atoms with E-state index in [4.69, 9.17) is 11.6 Å². The Kier molecular flexibility index (Phi) is 4.01. The lowest BCUT2D eigenvalue weighted by molar-refractivity contribution is -0.131. The smallest absolute Gasteiger partial charge is 0.319 e. The summed E-state index contributed by atoms with van der Waals surface area (Å²) in [5.74, 6) is -2.64. The van der Waals surface area contributed by atoms with E-state index >= 15 is 0 Å². The molecule has 0 aromatic heterocycles. The summed E-state index contributed by atoms with van der Waals surface area (Å²) < 4.78 is 27.1. The second kappa shape index (κ2) is 5.87. The zero-order valence-corrected chi connectivity index (χ0v) is 13.4. The van der Waals surface area contributed by atoms with E-state index in [1.807, 2.05) is 0 Å². The number of carbonyl (C=O) groups excluding carboxylic acids is 2. The van der Waals surface area contributed by atoms with Crippen molar-refractivity contribution in [2.24, 2.45) is 0 Å². The van der Waals surface area contributed by atoms with E-state index in [1.165, 1.54) is 12.1 Å². The second-order valence-corrected chi connectivity index (χ2v) is 6.10. The molecule has 1 aliphatic heterocycles. The minimum Gasteiger partial charge on any atom is -0.319 e. The summed E-state index contributed by atoms with van der Waals surface area (Å²) in [5, 5.41) is 3.10. The molecule has 4 nitrogen and oxygen atoms in total. The Morgan fingerprint density at radius 3 is 2.46 bits per heavy atom. The van der Waals surface area contributed by atoms with Crippen LogP contribution < -0.4 is 5.32 Å². The summed E-state index contributed by atoms with van der Waals surface area (Å²) in [5.41, 5.74) is -0.808. The molecule has 2 aromatic carbocycles. The highest BCUT2D eigenvalue weighted by Gasteiger charge is 2.49. The minimum atomic E-state index is -1.29. The van der Waals surface area contributed by atoms with E-state index in [-0.39, 0.29) is 12.1 Å². The lowest BCUT2D eigenvalue weighted by atomic mass is 9.92. The molecule has 3 amide bonds. The molecule has 1 aliphatic rings. The van der Waals surface area contributed by atoms with Gasteiger partial charge in [-0.1, -0.05) is 35.9 Å². The van der Waals surface area contributed by atoms with Gasteiger partial charge in [-0.3, -0.25) is 9.69 Å². The molecule has 1 fully saturated rings. The minimum absolute atomic E-state index is 0.0705. The molecule has 0 radical (unpaired) electrons. The number of amides is 3. The molecule has 1 atom stereocenters. The van der Waals surface area contributed by atoms with Crippen LogP contribution in [0.5, 0.6) is 0 Å². The van der Waals surface area contributed by atoms with Gasteiger partial charge in [0.05, 0.1) is 6.54 Å². The van der Waals surface area contributed by atoms with Crippen LogP contribution in [0.15, 0.2) is 42.5 Å². The van der Waals surface area contributed by atoms with Crippen molar-refractivity contribution in [1.82, 2.24) is 10.2 Å². The topological polar surface area (TPSA) is 49.4 Å². The van der Waals surface area contributed by atoms with Crippen LogP contribution in [0.2, 0.25) is 5.02 Å². The summed E-state index contributed by atoms with van der Waals surface area (Å²) in [6, 6.07) is 9.44. The fraction of sp³-hybridized carbons (Fsp3) is 0.176. The lowest BCUT2D eigenvalue weighted by Crippen LogP contribution is -2.40. The summed E-state index contributed by atoms with van der Waals surface area (Å²) in [4.78, 5) is 25.8. The number of imide groups is 1. The Hall–Kier alpha value is -2.47. The van der Waals surface area contributed by atoms with Crippen LogP contribution in [-0.4, -0.2) is 16.8 Å². The van der Waals surface area contributed by atoms with Crippen molar-refractivity contribution in [1.29, 1.82) is 0 Å². The van der Waals surface area contributed by atoms with Gasteiger partial charge in [-0.25, -0.2) is 13.6 Å². The molecule has 1 saturated heterocycles. The van der Waals surface area contributed by atoms with Gasteiger partial charge in [-0.15, -0.1) is 0 Å². The number of nitrogens with one attached hydrogen (secondary N) is 1. The first-order valence-corrected chi connectivity index (χ1v) is 7.54. The molecule has 2 aromatic rings. The lowest BCUT2D eigenvalue weighted by Gasteiger charge is -2.22. The van der Waals surface area contributed by atoms with E-state index in [9.17, 15) is 18.4 Å². The summed E-state index contributed by atoms with van der Waals surface area (Å²) in [6.45, 7) is 1.20. The highest BCUT2D eigenvalue weighted by molar-refractivity contribution is 6.30.